The molecule has 0 saturated heterocycles. The van der Waals surface area contributed by atoms with E-state index in [1.807, 2.05) is 0 Å². The predicted molar refractivity (Wildman–Crippen MR) is 72.1 cm³/mol. The zero-order valence-corrected chi connectivity index (χ0v) is 11.4. The van der Waals surface area contributed by atoms with Crippen molar-refractivity contribution in [1.29, 1.82) is 0 Å². The lowest BCUT2D eigenvalue weighted by Crippen LogP contribution is -2.45. The first-order chi connectivity index (χ1) is 9.50. The van der Waals surface area contributed by atoms with Crippen molar-refractivity contribution in [3.05, 3.63) is 18.2 Å². The van der Waals surface area contributed by atoms with Crippen LogP contribution in [0.4, 0.5) is 10.5 Å². The fourth-order valence-corrected chi connectivity index (χ4v) is 1.78. The van der Waals surface area contributed by atoms with Gasteiger partial charge in [0.15, 0.2) is 11.5 Å². The number of ether oxygens (including phenoxy) is 3. The van der Waals surface area contributed by atoms with Crippen molar-refractivity contribution in [2.24, 2.45) is 0 Å². The van der Waals surface area contributed by atoms with Crippen LogP contribution in [0.1, 0.15) is 6.92 Å². The quantitative estimate of drug-likeness (QED) is 0.747. The maximum atomic E-state index is 11.7. The normalized spacial score (nSPS) is 15.6. The second-order valence-corrected chi connectivity index (χ2v) is 4.81. The Balaban J connectivity index is 1.85. The number of fused-ring (bicyclic) bond motifs is 1. The van der Waals surface area contributed by atoms with E-state index in [1.54, 1.807) is 25.1 Å². The Morgan fingerprint density at radius 2 is 2.20 bits per heavy atom. The zero-order valence-electron chi connectivity index (χ0n) is 11.4. The number of nitrogens with one attached hydrogen (secondary N) is 2. The maximum Gasteiger partial charge on any atom is 0.319 e. The molecule has 20 heavy (non-hydrogen) atoms. The average Bonchev–Trinajstić information content (AvgIpc) is 2.84. The molecule has 0 fully saturated rings. The van der Waals surface area contributed by atoms with Crippen LogP contribution >= 0.6 is 0 Å². The van der Waals surface area contributed by atoms with E-state index in [9.17, 15) is 9.90 Å². The van der Waals surface area contributed by atoms with E-state index in [0.717, 1.165) is 0 Å². The molecule has 3 N–H and O–H groups in total. The van der Waals surface area contributed by atoms with E-state index in [1.165, 1.54) is 7.11 Å². The van der Waals surface area contributed by atoms with Crippen LogP contribution in [0.25, 0.3) is 0 Å². The minimum absolute atomic E-state index is 0.0806. The van der Waals surface area contributed by atoms with Gasteiger partial charge >= 0.3 is 6.03 Å². The monoisotopic (exact) mass is 282 g/mol. The van der Waals surface area contributed by atoms with E-state index in [4.69, 9.17) is 14.2 Å². The average molecular weight is 282 g/mol. The summed E-state index contributed by atoms with van der Waals surface area (Å²) in [4.78, 5) is 11.7. The first-order valence-corrected chi connectivity index (χ1v) is 6.16. The van der Waals surface area contributed by atoms with Gasteiger partial charge in [0.1, 0.15) is 5.60 Å². The molecule has 0 aliphatic carbocycles. The number of anilines is 1. The Morgan fingerprint density at radius 1 is 1.45 bits per heavy atom. The number of carbonyl (C=O) groups is 1. The van der Waals surface area contributed by atoms with E-state index >= 15 is 0 Å². The molecule has 2 amide bonds. The fraction of sp³-hybridized carbons (Fsp3) is 0.462. The molecule has 1 aliphatic rings. The number of amides is 2. The van der Waals surface area contributed by atoms with Crippen LogP contribution < -0.4 is 20.1 Å². The third-order valence-electron chi connectivity index (χ3n) is 2.72. The van der Waals surface area contributed by atoms with E-state index < -0.39 is 11.6 Å². The number of rotatable bonds is 5. The van der Waals surface area contributed by atoms with Crippen LogP contribution in [0.2, 0.25) is 0 Å². The van der Waals surface area contributed by atoms with Crippen molar-refractivity contribution in [3.8, 4) is 11.5 Å². The molecular weight excluding hydrogens is 264 g/mol. The van der Waals surface area contributed by atoms with Crippen LogP contribution in [-0.4, -0.2) is 43.8 Å². The molecule has 1 aliphatic heterocycles. The molecule has 0 bridgehead atoms. The van der Waals surface area contributed by atoms with Crippen LogP contribution in [0.15, 0.2) is 18.2 Å². The van der Waals surface area contributed by atoms with Gasteiger partial charge < -0.3 is 30.0 Å². The Labute approximate surface area is 116 Å². The largest absolute Gasteiger partial charge is 0.454 e. The highest BCUT2D eigenvalue weighted by molar-refractivity contribution is 5.89. The molecule has 0 spiro atoms. The van der Waals surface area contributed by atoms with Crippen molar-refractivity contribution < 1.29 is 24.1 Å². The molecule has 2 rings (SSSR count). The summed E-state index contributed by atoms with van der Waals surface area (Å²) in [5.74, 6) is 1.24. The summed E-state index contributed by atoms with van der Waals surface area (Å²) in [5.41, 5.74) is -0.529. The molecule has 0 radical (unpaired) electrons. The Bertz CT molecular complexity index is 490. The molecule has 0 saturated carbocycles. The van der Waals surface area contributed by atoms with Crippen molar-refractivity contribution in [2.45, 2.75) is 12.5 Å². The number of aliphatic hydroxyl groups is 1. The summed E-state index contributed by atoms with van der Waals surface area (Å²) in [7, 11) is 1.49. The Morgan fingerprint density at radius 3 is 2.95 bits per heavy atom. The van der Waals surface area contributed by atoms with Gasteiger partial charge in [-0.05, 0) is 19.1 Å². The summed E-state index contributed by atoms with van der Waals surface area (Å²) >= 11 is 0. The molecule has 1 atom stereocenters. The van der Waals surface area contributed by atoms with Gasteiger partial charge in [-0.15, -0.1) is 0 Å². The number of urea groups is 1. The van der Waals surface area contributed by atoms with Gasteiger partial charge in [0.2, 0.25) is 6.79 Å². The van der Waals surface area contributed by atoms with E-state index in [-0.39, 0.29) is 19.9 Å². The number of methoxy groups -OCH3 is 1. The summed E-state index contributed by atoms with van der Waals surface area (Å²) in [6.45, 7) is 1.98. The fourth-order valence-electron chi connectivity index (χ4n) is 1.78. The van der Waals surface area contributed by atoms with Crippen LogP contribution in [0.5, 0.6) is 11.5 Å². The standard InChI is InChI=1S/C13H18N2O5/c1-13(17,7-18-2)6-14-12(16)15-9-3-4-10-11(5-9)20-8-19-10/h3-5,17H,6-8H2,1-2H3,(H2,14,15,16). The lowest BCUT2D eigenvalue weighted by Gasteiger charge is -2.22. The van der Waals surface area contributed by atoms with Gasteiger partial charge in [0.25, 0.3) is 0 Å². The van der Waals surface area contributed by atoms with E-state index in [2.05, 4.69) is 10.6 Å². The molecule has 1 aromatic rings. The van der Waals surface area contributed by atoms with Gasteiger partial charge in [0.05, 0.1) is 13.2 Å². The molecule has 1 heterocycles. The molecule has 7 heteroatoms. The van der Waals surface area contributed by atoms with E-state index in [0.29, 0.717) is 17.2 Å². The second-order valence-electron chi connectivity index (χ2n) is 4.81. The zero-order chi connectivity index (χ0) is 14.6. The first-order valence-electron chi connectivity index (χ1n) is 6.16. The summed E-state index contributed by atoms with van der Waals surface area (Å²) < 4.78 is 15.3. The highest BCUT2D eigenvalue weighted by atomic mass is 16.7. The smallest absolute Gasteiger partial charge is 0.319 e. The van der Waals surface area contributed by atoms with Gasteiger partial charge in [0, 0.05) is 18.9 Å². The van der Waals surface area contributed by atoms with Crippen molar-refractivity contribution in [2.75, 3.05) is 32.4 Å². The molecular formula is C13H18N2O5. The number of hydrogen-bond acceptors (Lipinski definition) is 5. The molecule has 110 valence electrons. The molecule has 1 aromatic carbocycles. The lowest BCUT2D eigenvalue weighted by molar-refractivity contribution is -0.0133. The van der Waals surface area contributed by atoms with Crippen molar-refractivity contribution in [3.63, 3.8) is 0 Å². The third-order valence-corrected chi connectivity index (χ3v) is 2.72. The van der Waals surface area contributed by atoms with Gasteiger partial charge in [-0.1, -0.05) is 0 Å². The highest BCUT2D eigenvalue weighted by Gasteiger charge is 2.21. The number of hydrogen-bond donors (Lipinski definition) is 3. The SMILES string of the molecule is COCC(C)(O)CNC(=O)Nc1ccc2c(c1)OCO2. The summed E-state index contributed by atoms with van der Waals surface area (Å²) in [6.07, 6.45) is 0. The molecule has 0 aromatic heterocycles. The minimum atomic E-state index is -1.11. The first kappa shape index (κ1) is 14.4. The second kappa shape index (κ2) is 5.98. The topological polar surface area (TPSA) is 89.1 Å². The number of carbonyl (C=O) groups excluding carboxylic acids is 1. The van der Waals surface area contributed by atoms with Crippen LogP contribution in [0.3, 0.4) is 0 Å². The third kappa shape index (κ3) is 3.75. The number of benzene rings is 1. The lowest BCUT2D eigenvalue weighted by atomic mass is 10.1. The van der Waals surface area contributed by atoms with Crippen LogP contribution in [-0.2, 0) is 4.74 Å². The van der Waals surface area contributed by atoms with Gasteiger partial charge in [-0.2, -0.15) is 0 Å². The Hall–Kier alpha value is -1.99. The van der Waals surface area contributed by atoms with Crippen molar-refractivity contribution >= 4 is 11.7 Å². The molecule has 1 unspecified atom stereocenters. The van der Waals surface area contributed by atoms with Crippen LogP contribution in [0, 0.1) is 0 Å². The Kier molecular flexibility index (Phi) is 4.31. The highest BCUT2D eigenvalue weighted by Crippen LogP contribution is 2.34. The molecule has 7 nitrogen and oxygen atoms in total. The summed E-state index contributed by atoms with van der Waals surface area (Å²) in [6, 6.07) is 4.69. The van der Waals surface area contributed by atoms with Crippen molar-refractivity contribution in [1.82, 2.24) is 5.32 Å². The van der Waals surface area contributed by atoms with Gasteiger partial charge in [-0.3, -0.25) is 0 Å². The summed E-state index contributed by atoms with van der Waals surface area (Å²) in [5, 5.41) is 15.1. The van der Waals surface area contributed by atoms with Gasteiger partial charge in [-0.25, -0.2) is 4.79 Å². The minimum Gasteiger partial charge on any atom is -0.454 e. The predicted octanol–water partition coefficient (Wildman–Crippen LogP) is 0.934. The maximum absolute atomic E-state index is 11.7.